The number of nitrogens with zero attached hydrogens (tertiary/aromatic N) is 4. The van der Waals surface area contributed by atoms with Crippen molar-refractivity contribution in [3.8, 4) is 39.7 Å². The van der Waals surface area contributed by atoms with Gasteiger partial charge in [-0.05, 0) is 141 Å². The second kappa shape index (κ2) is 15.5. The molecule has 0 aliphatic heterocycles. The summed E-state index contributed by atoms with van der Waals surface area (Å²) in [7, 11) is 0. The summed E-state index contributed by atoms with van der Waals surface area (Å²) in [6.07, 6.45) is 0. The number of aromatic nitrogens is 2. The molecule has 0 saturated carbocycles. The molecule has 11 aromatic carbocycles. The van der Waals surface area contributed by atoms with E-state index < -0.39 is 0 Å². The number of rotatable bonds is 4. The van der Waals surface area contributed by atoms with Crippen molar-refractivity contribution in [3.05, 3.63) is 267 Å². The number of hydrogen-bond acceptors (Lipinski definition) is 1. The van der Waals surface area contributed by atoms with Crippen LogP contribution in [0.1, 0.15) is 73.0 Å². The average Bonchev–Trinajstić information content (AvgIpc) is 3.97. The van der Waals surface area contributed by atoms with Crippen LogP contribution in [0, 0.1) is 45.6 Å². The van der Waals surface area contributed by atoms with Crippen LogP contribution in [0.5, 0.6) is 0 Å². The molecule has 2 aromatic heterocycles. The second-order valence-corrected chi connectivity index (χ2v) is 20.6. The maximum atomic E-state index is 12.2. The van der Waals surface area contributed by atoms with Crippen LogP contribution in [0.3, 0.4) is 0 Å². The van der Waals surface area contributed by atoms with Crippen molar-refractivity contribution in [2.75, 3.05) is 0 Å². The molecular formula is C70H46N4. The normalized spacial score (nSPS) is 14.5. The van der Waals surface area contributed by atoms with Gasteiger partial charge in [0, 0.05) is 44.2 Å². The fraction of sp³-hybridized carbons (Fsp3) is 0.0857. The molecule has 346 valence electrons. The first-order chi connectivity index (χ1) is 36.3. The van der Waals surface area contributed by atoms with Gasteiger partial charge in [0.05, 0.1) is 51.6 Å². The third-order valence-corrected chi connectivity index (χ3v) is 16.8. The number of benzene rings is 11. The Balaban J connectivity index is 1.16. The lowest BCUT2D eigenvalue weighted by Gasteiger charge is -2.45. The summed E-state index contributed by atoms with van der Waals surface area (Å²) >= 11 is 0. The Morgan fingerprint density at radius 3 is 1.26 bits per heavy atom. The summed E-state index contributed by atoms with van der Waals surface area (Å²) in [5, 5.41) is 21.1. The van der Waals surface area contributed by atoms with Crippen LogP contribution >= 0.6 is 0 Å². The molecule has 0 fully saturated rings. The summed E-state index contributed by atoms with van der Waals surface area (Å²) in [6.45, 7) is 18.3. The molecule has 0 radical (unpaired) electrons. The Kier molecular flexibility index (Phi) is 8.85. The van der Waals surface area contributed by atoms with Crippen LogP contribution in [0.2, 0.25) is 0 Å². The van der Waals surface area contributed by atoms with Gasteiger partial charge < -0.3 is 9.13 Å². The highest BCUT2D eigenvalue weighted by Crippen LogP contribution is 2.62. The lowest BCUT2D eigenvalue weighted by atomic mass is 9.59. The van der Waals surface area contributed by atoms with Crippen molar-refractivity contribution < 1.29 is 0 Å². The summed E-state index contributed by atoms with van der Waals surface area (Å²) < 4.78 is 4.78. The topological polar surface area (TPSA) is 38.0 Å². The third kappa shape index (κ3) is 5.55. The predicted octanol–water partition coefficient (Wildman–Crippen LogP) is 18.2. The minimum atomic E-state index is -0.236. The summed E-state index contributed by atoms with van der Waals surface area (Å²) in [5.74, 6) is -0.471. The molecule has 4 nitrogen and oxygen atoms in total. The van der Waals surface area contributed by atoms with Crippen molar-refractivity contribution >= 4 is 70.8 Å². The zero-order chi connectivity index (χ0) is 49.7. The number of hydrogen-bond donors (Lipinski definition) is 0. The van der Waals surface area contributed by atoms with Crippen molar-refractivity contribution in [1.29, 1.82) is 5.26 Å². The van der Waals surface area contributed by atoms with Crippen LogP contribution in [0.25, 0.3) is 104 Å². The highest BCUT2D eigenvalue weighted by molar-refractivity contribution is 6.21. The highest BCUT2D eigenvalue weighted by Gasteiger charge is 2.47. The molecule has 2 bridgehead atoms. The Morgan fingerprint density at radius 1 is 0.419 bits per heavy atom. The van der Waals surface area contributed by atoms with E-state index in [1.54, 1.807) is 0 Å². The van der Waals surface area contributed by atoms with E-state index in [4.69, 9.17) is 0 Å². The van der Waals surface area contributed by atoms with Gasteiger partial charge in [-0.1, -0.05) is 170 Å². The van der Waals surface area contributed by atoms with E-state index in [1.165, 1.54) is 55.6 Å². The first kappa shape index (κ1) is 42.2. The maximum Gasteiger partial charge on any atom is 0.230 e. The van der Waals surface area contributed by atoms with Gasteiger partial charge in [-0.2, -0.15) is 5.26 Å². The molecule has 3 aliphatic rings. The molecule has 16 rings (SSSR count). The molecule has 0 amide bonds. The standard InChI is InChI=1S/C70H46N4/c1-39-16-14-17-40(2)60(39)45-30-34-58-55(36-45)53-32-28-43-20-6-8-22-47(43)67(53)73(58)69-57(38-71)66(72-5)70(65-63-51-26-12-10-24-49(51)62(64(65)69)50-25-11-13-27-52(50)63)74-59-35-31-46(61-41(3)18-15-19-42(61)4)37-56(59)54-33-29-44-21-7-9-23-48(44)68(54)74/h6-37,62-63H,1-4H3. The molecule has 0 unspecified atom stereocenters. The van der Waals surface area contributed by atoms with Gasteiger partial charge in [0.1, 0.15) is 0 Å². The van der Waals surface area contributed by atoms with Gasteiger partial charge in [0.15, 0.2) is 0 Å². The van der Waals surface area contributed by atoms with Gasteiger partial charge in [0.2, 0.25) is 5.69 Å². The van der Waals surface area contributed by atoms with Crippen LogP contribution in [-0.2, 0) is 0 Å². The average molecular weight is 943 g/mol. The third-order valence-electron chi connectivity index (χ3n) is 16.8. The molecule has 74 heavy (non-hydrogen) atoms. The van der Waals surface area contributed by atoms with E-state index in [0.717, 1.165) is 98.8 Å². The molecular weight excluding hydrogens is 897 g/mol. The van der Waals surface area contributed by atoms with E-state index in [9.17, 15) is 11.8 Å². The molecule has 2 heterocycles. The van der Waals surface area contributed by atoms with E-state index in [-0.39, 0.29) is 11.8 Å². The molecule has 0 saturated heterocycles. The van der Waals surface area contributed by atoms with Crippen molar-refractivity contribution in [3.63, 3.8) is 0 Å². The van der Waals surface area contributed by atoms with Gasteiger partial charge >= 0.3 is 0 Å². The Morgan fingerprint density at radius 2 is 0.824 bits per heavy atom. The van der Waals surface area contributed by atoms with E-state index in [2.05, 4.69) is 242 Å². The Hall–Kier alpha value is -9.48. The van der Waals surface area contributed by atoms with E-state index in [0.29, 0.717) is 11.3 Å². The van der Waals surface area contributed by atoms with E-state index in [1.807, 2.05) is 0 Å². The van der Waals surface area contributed by atoms with E-state index >= 15 is 0 Å². The van der Waals surface area contributed by atoms with Crippen LogP contribution in [0.15, 0.2) is 194 Å². The number of aryl methyl sites for hydroxylation is 4. The first-order valence-electron chi connectivity index (χ1n) is 25.6. The largest absolute Gasteiger partial charge is 0.318 e. The fourth-order valence-electron chi connectivity index (χ4n) is 13.9. The molecule has 13 aromatic rings. The number of nitriles is 1. The van der Waals surface area contributed by atoms with Gasteiger partial charge in [-0.25, -0.2) is 4.85 Å². The summed E-state index contributed by atoms with van der Waals surface area (Å²) in [6, 6.07) is 73.7. The van der Waals surface area contributed by atoms with Crippen LogP contribution < -0.4 is 0 Å². The summed E-state index contributed by atoms with van der Waals surface area (Å²) in [4.78, 5) is 4.64. The van der Waals surface area contributed by atoms with Crippen molar-refractivity contribution in [2.45, 2.75) is 39.5 Å². The highest BCUT2D eigenvalue weighted by atomic mass is 15.0. The predicted molar refractivity (Wildman–Crippen MR) is 306 cm³/mol. The Bertz CT molecular complexity index is 4370. The molecule has 0 atom stereocenters. The first-order valence-corrected chi connectivity index (χ1v) is 25.6. The van der Waals surface area contributed by atoms with Crippen LogP contribution in [0.4, 0.5) is 5.69 Å². The molecule has 0 spiro atoms. The molecule has 0 N–H and O–H groups in total. The quantitative estimate of drug-likeness (QED) is 0.162. The monoisotopic (exact) mass is 942 g/mol. The minimum absolute atomic E-state index is 0.235. The zero-order valence-electron chi connectivity index (χ0n) is 41.4. The SMILES string of the molecule is [C-]#[N+]c1c(C#N)c(-n2c3ccc(-c4c(C)cccc4C)cc3c3ccc4ccccc4c32)c2c(c1-n1c3ccc(-c4c(C)cccc4C)cc3c3ccc4ccccc4c31)C1c3ccccc3C2c2ccccc21. The minimum Gasteiger partial charge on any atom is -0.318 e. The van der Waals surface area contributed by atoms with Gasteiger partial charge in [-0.15, -0.1) is 0 Å². The van der Waals surface area contributed by atoms with Crippen molar-refractivity contribution in [2.24, 2.45) is 0 Å². The fourth-order valence-corrected chi connectivity index (χ4v) is 13.9. The van der Waals surface area contributed by atoms with Crippen molar-refractivity contribution in [1.82, 2.24) is 9.13 Å². The molecule has 3 aliphatic carbocycles. The van der Waals surface area contributed by atoms with Gasteiger partial charge in [-0.3, -0.25) is 0 Å². The summed E-state index contributed by atoms with van der Waals surface area (Å²) in [5.41, 5.74) is 23.2. The zero-order valence-corrected chi connectivity index (χ0v) is 41.4. The van der Waals surface area contributed by atoms with Gasteiger partial charge in [0.25, 0.3) is 0 Å². The maximum absolute atomic E-state index is 12.2. The molecule has 4 heteroatoms. The lowest BCUT2D eigenvalue weighted by Crippen LogP contribution is -2.30. The lowest BCUT2D eigenvalue weighted by molar-refractivity contribution is 0.743. The second-order valence-electron chi connectivity index (χ2n) is 20.6. The van der Waals surface area contributed by atoms with Crippen LogP contribution in [-0.4, -0.2) is 9.13 Å². The smallest absolute Gasteiger partial charge is 0.230 e. The number of fused-ring (bicyclic) bond motifs is 10. The Labute approximate surface area is 429 Å².